The maximum absolute atomic E-state index is 9.74. The van der Waals surface area contributed by atoms with Gasteiger partial charge in [0, 0.05) is 25.7 Å². The fourth-order valence-electron chi connectivity index (χ4n) is 2.83. The zero-order valence-corrected chi connectivity index (χ0v) is 9.20. The molecule has 3 heteroatoms. The molecule has 14 heavy (non-hydrogen) atoms. The third-order valence-corrected chi connectivity index (χ3v) is 3.48. The van der Waals surface area contributed by atoms with E-state index in [-0.39, 0.29) is 11.7 Å². The first-order valence-electron chi connectivity index (χ1n) is 5.71. The summed E-state index contributed by atoms with van der Waals surface area (Å²) in [7, 11) is 0. The lowest BCUT2D eigenvalue weighted by atomic mass is 9.93. The molecule has 2 rings (SSSR count). The van der Waals surface area contributed by atoms with Crippen LogP contribution in [-0.4, -0.2) is 47.4 Å². The zero-order valence-electron chi connectivity index (χ0n) is 9.20. The molecule has 3 nitrogen and oxygen atoms in total. The molecular formula is C11H21NO2. The Bertz CT molecular complexity index is 201. The Kier molecular flexibility index (Phi) is 2.82. The van der Waals surface area contributed by atoms with Crippen LogP contribution in [0, 0.1) is 0 Å². The fourth-order valence-corrected chi connectivity index (χ4v) is 2.83. The van der Waals surface area contributed by atoms with Gasteiger partial charge in [-0.1, -0.05) is 0 Å². The van der Waals surface area contributed by atoms with Crippen LogP contribution in [0.3, 0.4) is 0 Å². The molecule has 0 aromatic carbocycles. The van der Waals surface area contributed by atoms with E-state index < -0.39 is 0 Å². The number of aliphatic hydroxyl groups is 1. The van der Waals surface area contributed by atoms with Gasteiger partial charge in [-0.3, -0.25) is 4.90 Å². The van der Waals surface area contributed by atoms with Crippen LogP contribution < -0.4 is 0 Å². The van der Waals surface area contributed by atoms with Crippen molar-refractivity contribution in [3.63, 3.8) is 0 Å². The average molecular weight is 199 g/mol. The van der Waals surface area contributed by atoms with E-state index in [4.69, 9.17) is 4.74 Å². The van der Waals surface area contributed by atoms with Crippen LogP contribution in [0.15, 0.2) is 0 Å². The van der Waals surface area contributed by atoms with Crippen molar-refractivity contribution in [3.8, 4) is 0 Å². The van der Waals surface area contributed by atoms with Crippen LogP contribution in [0.25, 0.3) is 0 Å². The molecule has 1 aliphatic heterocycles. The molecule has 0 bridgehead atoms. The average Bonchev–Trinajstić information content (AvgIpc) is 2.47. The number of ether oxygens (including phenoxy) is 1. The van der Waals surface area contributed by atoms with Crippen molar-refractivity contribution in [1.29, 1.82) is 0 Å². The number of nitrogens with zero attached hydrogens (tertiary/aromatic N) is 1. The topological polar surface area (TPSA) is 32.7 Å². The Morgan fingerprint density at radius 3 is 2.64 bits per heavy atom. The highest BCUT2D eigenvalue weighted by Crippen LogP contribution is 2.33. The summed E-state index contributed by atoms with van der Waals surface area (Å²) in [5.41, 5.74) is 0.0526. The van der Waals surface area contributed by atoms with Gasteiger partial charge in [-0.2, -0.15) is 0 Å². The van der Waals surface area contributed by atoms with Crippen LogP contribution >= 0.6 is 0 Å². The van der Waals surface area contributed by atoms with Crippen molar-refractivity contribution in [1.82, 2.24) is 4.90 Å². The van der Waals surface area contributed by atoms with E-state index in [1.165, 1.54) is 6.42 Å². The SMILES string of the molecule is CCOC1(C)CN(C2CCCC2O)C1. The Labute approximate surface area is 86.0 Å². The molecule has 1 aliphatic carbocycles. The van der Waals surface area contributed by atoms with Crippen LogP contribution in [0.4, 0.5) is 0 Å². The van der Waals surface area contributed by atoms with Gasteiger partial charge in [0.25, 0.3) is 0 Å². The number of hydrogen-bond donors (Lipinski definition) is 1. The van der Waals surface area contributed by atoms with Gasteiger partial charge in [-0.05, 0) is 33.1 Å². The minimum Gasteiger partial charge on any atom is -0.391 e. The van der Waals surface area contributed by atoms with Crippen molar-refractivity contribution >= 4 is 0 Å². The summed E-state index contributed by atoms with van der Waals surface area (Å²) in [5, 5.41) is 9.74. The molecule has 82 valence electrons. The molecule has 0 spiro atoms. The highest BCUT2D eigenvalue weighted by Gasteiger charge is 2.45. The molecule has 2 aliphatic rings. The van der Waals surface area contributed by atoms with E-state index in [0.717, 1.165) is 32.5 Å². The molecular weight excluding hydrogens is 178 g/mol. The van der Waals surface area contributed by atoms with Gasteiger partial charge in [0.15, 0.2) is 0 Å². The van der Waals surface area contributed by atoms with E-state index in [2.05, 4.69) is 11.8 Å². The third kappa shape index (κ3) is 1.81. The lowest BCUT2D eigenvalue weighted by Gasteiger charge is -2.51. The monoisotopic (exact) mass is 199 g/mol. The zero-order chi connectivity index (χ0) is 10.2. The number of rotatable bonds is 3. The smallest absolute Gasteiger partial charge is 0.0907 e. The summed E-state index contributed by atoms with van der Waals surface area (Å²) in [6.07, 6.45) is 3.21. The molecule has 1 heterocycles. The quantitative estimate of drug-likeness (QED) is 0.736. The maximum Gasteiger partial charge on any atom is 0.0907 e. The van der Waals surface area contributed by atoms with E-state index in [1.54, 1.807) is 0 Å². The lowest BCUT2D eigenvalue weighted by molar-refractivity contribution is -0.150. The van der Waals surface area contributed by atoms with Crippen molar-refractivity contribution < 1.29 is 9.84 Å². The van der Waals surface area contributed by atoms with Gasteiger partial charge in [0.2, 0.25) is 0 Å². The fraction of sp³-hybridized carbons (Fsp3) is 1.00. The van der Waals surface area contributed by atoms with Crippen molar-refractivity contribution in [2.24, 2.45) is 0 Å². The first kappa shape index (κ1) is 10.4. The summed E-state index contributed by atoms with van der Waals surface area (Å²) >= 11 is 0. The minimum absolute atomic E-state index is 0.0526. The number of hydrogen-bond acceptors (Lipinski definition) is 3. The van der Waals surface area contributed by atoms with Gasteiger partial charge < -0.3 is 9.84 Å². The third-order valence-electron chi connectivity index (χ3n) is 3.48. The van der Waals surface area contributed by atoms with Gasteiger partial charge in [0.1, 0.15) is 0 Å². The highest BCUT2D eigenvalue weighted by molar-refractivity contribution is 4.99. The van der Waals surface area contributed by atoms with Gasteiger partial charge in [-0.15, -0.1) is 0 Å². The minimum atomic E-state index is -0.0961. The summed E-state index contributed by atoms with van der Waals surface area (Å²) < 4.78 is 5.67. The molecule has 0 aromatic rings. The molecule has 0 radical (unpaired) electrons. The molecule has 0 aromatic heterocycles. The first-order valence-corrected chi connectivity index (χ1v) is 5.71. The van der Waals surface area contributed by atoms with E-state index in [0.29, 0.717) is 6.04 Å². The molecule has 2 atom stereocenters. The highest BCUT2D eigenvalue weighted by atomic mass is 16.5. The van der Waals surface area contributed by atoms with Gasteiger partial charge in [-0.25, -0.2) is 0 Å². The molecule has 2 fully saturated rings. The molecule has 0 amide bonds. The van der Waals surface area contributed by atoms with E-state index in [9.17, 15) is 5.11 Å². The number of likely N-dealkylation sites (tertiary alicyclic amines) is 1. The first-order chi connectivity index (χ1) is 6.64. The maximum atomic E-state index is 9.74. The molecule has 1 saturated heterocycles. The van der Waals surface area contributed by atoms with Crippen molar-refractivity contribution in [2.45, 2.75) is 50.9 Å². The van der Waals surface area contributed by atoms with Crippen LogP contribution in [0.5, 0.6) is 0 Å². The van der Waals surface area contributed by atoms with Gasteiger partial charge in [0.05, 0.1) is 11.7 Å². The van der Waals surface area contributed by atoms with Crippen LogP contribution in [0.1, 0.15) is 33.1 Å². The normalized spacial score (nSPS) is 37.1. The van der Waals surface area contributed by atoms with E-state index >= 15 is 0 Å². The Balaban J connectivity index is 1.81. The summed E-state index contributed by atoms with van der Waals surface area (Å²) in [4.78, 5) is 2.37. The summed E-state index contributed by atoms with van der Waals surface area (Å²) in [6, 6.07) is 0.406. The Morgan fingerprint density at radius 2 is 2.14 bits per heavy atom. The second kappa shape index (κ2) is 3.80. The molecule has 1 saturated carbocycles. The molecule has 2 unspecified atom stereocenters. The second-order valence-electron chi connectivity index (χ2n) is 4.85. The van der Waals surface area contributed by atoms with Crippen molar-refractivity contribution in [3.05, 3.63) is 0 Å². The predicted molar refractivity (Wildman–Crippen MR) is 55.2 cm³/mol. The Morgan fingerprint density at radius 1 is 1.43 bits per heavy atom. The second-order valence-corrected chi connectivity index (χ2v) is 4.85. The standard InChI is InChI=1S/C11H21NO2/c1-3-14-11(2)7-12(8-11)9-5-4-6-10(9)13/h9-10,13H,3-8H2,1-2H3. The molecule has 1 N–H and O–H groups in total. The summed E-state index contributed by atoms with van der Waals surface area (Å²) in [5.74, 6) is 0. The van der Waals surface area contributed by atoms with Crippen LogP contribution in [-0.2, 0) is 4.74 Å². The van der Waals surface area contributed by atoms with Crippen molar-refractivity contribution in [2.75, 3.05) is 19.7 Å². The largest absolute Gasteiger partial charge is 0.391 e. The van der Waals surface area contributed by atoms with E-state index in [1.807, 2.05) is 6.92 Å². The predicted octanol–water partition coefficient (Wildman–Crippen LogP) is 1.01. The van der Waals surface area contributed by atoms with Gasteiger partial charge >= 0.3 is 0 Å². The van der Waals surface area contributed by atoms with Crippen LogP contribution in [0.2, 0.25) is 0 Å². The summed E-state index contributed by atoms with van der Waals surface area (Å²) in [6.45, 7) is 6.97. The Hall–Kier alpha value is -0.120. The lowest BCUT2D eigenvalue weighted by Crippen LogP contribution is -2.65. The number of aliphatic hydroxyl groups excluding tert-OH is 1.